The van der Waals surface area contributed by atoms with Crippen molar-refractivity contribution in [3.63, 3.8) is 0 Å². The van der Waals surface area contributed by atoms with Gasteiger partial charge in [0.25, 0.3) is 0 Å². The van der Waals surface area contributed by atoms with E-state index < -0.39 is 0 Å². The van der Waals surface area contributed by atoms with Gasteiger partial charge in [-0.05, 0) is 12.3 Å². The second-order valence-electron chi connectivity index (χ2n) is 6.59. The van der Waals surface area contributed by atoms with Gasteiger partial charge in [0, 0.05) is 6.42 Å². The standard InChI is InChI=1S/C17H29N5/c1-13(2)10-8-6-4-3-5-7-9-11-14-21-16(18)15-17(22-14)20-12-19-15/h12-13H,3-11H2,1-2H3,(H3,18,19,20,21,22)/p+1. The van der Waals surface area contributed by atoms with Gasteiger partial charge in [-0.3, -0.25) is 4.98 Å². The van der Waals surface area contributed by atoms with Crippen molar-refractivity contribution in [3.05, 3.63) is 12.2 Å². The summed E-state index contributed by atoms with van der Waals surface area (Å²) in [6.45, 7) is 4.61. The summed E-state index contributed by atoms with van der Waals surface area (Å²) < 4.78 is 0. The third-order valence-electron chi connectivity index (χ3n) is 4.09. The average Bonchev–Trinajstić information content (AvgIpc) is 2.94. The van der Waals surface area contributed by atoms with Gasteiger partial charge in [-0.25, -0.2) is 4.98 Å². The first-order valence-electron chi connectivity index (χ1n) is 8.68. The molecule has 0 fully saturated rings. The number of hydrogen-bond donors (Lipinski definition) is 2. The van der Waals surface area contributed by atoms with E-state index in [2.05, 4.69) is 33.8 Å². The molecule has 0 bridgehead atoms. The molecular weight excluding hydrogens is 274 g/mol. The fraction of sp³-hybridized carbons (Fsp3) is 0.706. The van der Waals surface area contributed by atoms with Crippen LogP contribution in [-0.2, 0) is 6.42 Å². The van der Waals surface area contributed by atoms with Crippen LogP contribution in [0.1, 0.15) is 71.0 Å². The van der Waals surface area contributed by atoms with Gasteiger partial charge in [-0.1, -0.05) is 63.8 Å². The lowest BCUT2D eigenvalue weighted by Gasteiger charge is -2.04. The van der Waals surface area contributed by atoms with Gasteiger partial charge in [0.1, 0.15) is 0 Å². The molecule has 0 aliphatic rings. The summed E-state index contributed by atoms with van der Waals surface area (Å²) in [5.74, 6) is 2.23. The maximum Gasteiger partial charge on any atom is 0.305 e. The molecule has 0 aromatic carbocycles. The van der Waals surface area contributed by atoms with E-state index in [1.807, 2.05) is 0 Å². The molecule has 22 heavy (non-hydrogen) atoms. The highest BCUT2D eigenvalue weighted by Crippen LogP contribution is 2.14. The van der Waals surface area contributed by atoms with Gasteiger partial charge in [0.15, 0.2) is 12.1 Å². The van der Waals surface area contributed by atoms with Crippen molar-refractivity contribution in [1.82, 2.24) is 15.0 Å². The minimum Gasteiger partial charge on any atom is -0.380 e. The Morgan fingerprint density at radius 2 is 1.73 bits per heavy atom. The molecule has 0 radical (unpaired) electrons. The van der Waals surface area contributed by atoms with Crippen LogP contribution in [0.5, 0.6) is 0 Å². The lowest BCUT2D eigenvalue weighted by Crippen LogP contribution is -2.05. The highest BCUT2D eigenvalue weighted by Gasteiger charge is 2.12. The molecule has 0 atom stereocenters. The van der Waals surface area contributed by atoms with Crippen LogP contribution in [0.15, 0.2) is 6.33 Å². The zero-order chi connectivity index (χ0) is 15.8. The number of nitrogen functional groups attached to an aromatic ring is 1. The van der Waals surface area contributed by atoms with Crippen molar-refractivity contribution in [2.45, 2.75) is 71.6 Å². The number of anilines is 1. The second-order valence-corrected chi connectivity index (χ2v) is 6.59. The summed E-state index contributed by atoms with van der Waals surface area (Å²) >= 11 is 0. The fourth-order valence-electron chi connectivity index (χ4n) is 2.78. The molecule has 2 heterocycles. The molecule has 0 amide bonds. The molecule has 2 rings (SSSR count). The zero-order valence-electron chi connectivity index (χ0n) is 14.0. The Hall–Kier alpha value is -1.65. The SMILES string of the molecule is CC(C)CCCCCCCCCc1nc(N)c2[nH]c[nH+]c2n1. The number of imidazole rings is 1. The number of nitrogens with two attached hydrogens (primary N) is 1. The largest absolute Gasteiger partial charge is 0.380 e. The first-order chi connectivity index (χ1) is 10.7. The number of nitrogens with zero attached hydrogens (tertiary/aromatic N) is 2. The van der Waals surface area contributed by atoms with Crippen LogP contribution in [0.25, 0.3) is 11.2 Å². The Labute approximate surface area is 133 Å². The van der Waals surface area contributed by atoms with E-state index in [0.717, 1.165) is 35.7 Å². The Morgan fingerprint density at radius 3 is 2.45 bits per heavy atom. The van der Waals surface area contributed by atoms with Gasteiger partial charge in [-0.2, -0.15) is 4.98 Å². The highest BCUT2D eigenvalue weighted by atomic mass is 15.0. The van der Waals surface area contributed by atoms with E-state index in [4.69, 9.17) is 5.73 Å². The average molecular weight is 304 g/mol. The predicted octanol–water partition coefficient (Wildman–Crippen LogP) is 3.67. The Bertz CT molecular complexity index is 561. The number of hydrogen-bond acceptors (Lipinski definition) is 3. The number of aromatic amines is 2. The van der Waals surface area contributed by atoms with Crippen LogP contribution in [-0.4, -0.2) is 15.0 Å². The second kappa shape index (κ2) is 8.71. The normalized spacial score (nSPS) is 11.6. The lowest BCUT2D eigenvalue weighted by atomic mass is 10.0. The van der Waals surface area contributed by atoms with E-state index >= 15 is 0 Å². The van der Waals surface area contributed by atoms with Crippen molar-refractivity contribution in [3.8, 4) is 0 Å². The molecule has 122 valence electrons. The Kier molecular flexibility index (Phi) is 6.62. The molecule has 2 aromatic heterocycles. The Morgan fingerprint density at radius 1 is 1.05 bits per heavy atom. The first kappa shape index (κ1) is 16.7. The lowest BCUT2D eigenvalue weighted by molar-refractivity contribution is -0.347. The highest BCUT2D eigenvalue weighted by molar-refractivity contribution is 5.78. The molecule has 2 aromatic rings. The van der Waals surface area contributed by atoms with Crippen molar-refractivity contribution >= 4 is 17.0 Å². The number of H-pyrrole nitrogens is 2. The summed E-state index contributed by atoms with van der Waals surface area (Å²) in [5.41, 5.74) is 7.51. The van der Waals surface area contributed by atoms with Gasteiger partial charge in [-0.15, -0.1) is 0 Å². The maximum atomic E-state index is 5.92. The van der Waals surface area contributed by atoms with Crippen molar-refractivity contribution < 1.29 is 4.98 Å². The zero-order valence-corrected chi connectivity index (χ0v) is 14.0. The van der Waals surface area contributed by atoms with Crippen molar-refractivity contribution in [2.24, 2.45) is 5.92 Å². The number of rotatable bonds is 10. The van der Waals surface area contributed by atoms with E-state index in [1.54, 1.807) is 6.33 Å². The van der Waals surface area contributed by atoms with Crippen LogP contribution < -0.4 is 10.7 Å². The molecule has 0 spiro atoms. The van der Waals surface area contributed by atoms with E-state index in [0.29, 0.717) is 5.82 Å². The maximum absolute atomic E-state index is 5.92. The summed E-state index contributed by atoms with van der Waals surface area (Å²) in [6, 6.07) is 0. The molecular formula is C17H30N5+. The molecule has 5 nitrogen and oxygen atoms in total. The Balaban J connectivity index is 1.58. The van der Waals surface area contributed by atoms with Gasteiger partial charge >= 0.3 is 5.65 Å². The number of nitrogens with one attached hydrogen (secondary N) is 2. The van der Waals surface area contributed by atoms with Crippen LogP contribution in [0.2, 0.25) is 0 Å². The van der Waals surface area contributed by atoms with Gasteiger partial charge < -0.3 is 5.73 Å². The molecule has 0 aliphatic carbocycles. The molecule has 0 saturated carbocycles. The minimum atomic E-state index is 0.534. The first-order valence-corrected chi connectivity index (χ1v) is 8.68. The third-order valence-corrected chi connectivity index (χ3v) is 4.09. The smallest absolute Gasteiger partial charge is 0.305 e. The number of aryl methyl sites for hydroxylation is 1. The number of aromatic nitrogens is 4. The molecule has 0 aliphatic heterocycles. The van der Waals surface area contributed by atoms with Gasteiger partial charge in [0.05, 0.1) is 0 Å². The van der Waals surface area contributed by atoms with Crippen molar-refractivity contribution in [1.29, 1.82) is 0 Å². The summed E-state index contributed by atoms with van der Waals surface area (Å²) in [4.78, 5) is 14.9. The van der Waals surface area contributed by atoms with E-state index in [9.17, 15) is 0 Å². The van der Waals surface area contributed by atoms with Gasteiger partial charge in [0.2, 0.25) is 11.3 Å². The predicted molar refractivity (Wildman–Crippen MR) is 90.3 cm³/mol. The molecule has 0 saturated heterocycles. The topological polar surface area (TPSA) is 81.7 Å². The summed E-state index contributed by atoms with van der Waals surface area (Å²) in [5, 5.41) is 0. The third kappa shape index (κ3) is 5.28. The van der Waals surface area contributed by atoms with E-state index in [-0.39, 0.29) is 0 Å². The summed E-state index contributed by atoms with van der Waals surface area (Å²) in [6.07, 6.45) is 13.2. The monoisotopic (exact) mass is 304 g/mol. The quantitative estimate of drug-likeness (QED) is 0.657. The van der Waals surface area contributed by atoms with Crippen LogP contribution >= 0.6 is 0 Å². The summed E-state index contributed by atoms with van der Waals surface area (Å²) in [7, 11) is 0. The molecule has 0 unspecified atom stereocenters. The number of fused-ring (bicyclic) bond motifs is 1. The van der Waals surface area contributed by atoms with E-state index in [1.165, 1.54) is 44.9 Å². The molecule has 4 N–H and O–H groups in total. The minimum absolute atomic E-state index is 0.534. The van der Waals surface area contributed by atoms with Crippen LogP contribution in [0.3, 0.4) is 0 Å². The molecule has 5 heteroatoms. The van der Waals surface area contributed by atoms with Crippen LogP contribution in [0.4, 0.5) is 5.82 Å². The fourth-order valence-corrected chi connectivity index (χ4v) is 2.78. The van der Waals surface area contributed by atoms with Crippen molar-refractivity contribution in [2.75, 3.05) is 5.73 Å². The van der Waals surface area contributed by atoms with Crippen LogP contribution in [0, 0.1) is 5.92 Å². The number of unbranched alkanes of at least 4 members (excludes halogenated alkanes) is 6.